The molecule has 1 aromatic heterocycles. The molecule has 0 spiro atoms. The van der Waals surface area contributed by atoms with Crippen LogP contribution in [0.3, 0.4) is 0 Å². The van der Waals surface area contributed by atoms with Crippen LogP contribution in [0.25, 0.3) is 0 Å². The third-order valence-electron chi connectivity index (χ3n) is 7.14. The molecule has 4 rings (SSSR count). The molecule has 0 aromatic carbocycles. The normalized spacial score (nSPS) is 28.4. The number of ether oxygens (including phenoxy) is 1. The van der Waals surface area contributed by atoms with E-state index in [1.807, 2.05) is 11.3 Å². The van der Waals surface area contributed by atoms with Gasteiger partial charge in [-0.25, -0.2) is 0 Å². The van der Waals surface area contributed by atoms with Gasteiger partial charge in [-0.15, -0.1) is 35.3 Å². The van der Waals surface area contributed by atoms with Crippen LogP contribution in [0.15, 0.2) is 22.5 Å². The summed E-state index contributed by atoms with van der Waals surface area (Å²) in [5, 5.41) is 9.45. The van der Waals surface area contributed by atoms with Crippen LogP contribution in [0.1, 0.15) is 49.9 Å². The summed E-state index contributed by atoms with van der Waals surface area (Å²) in [5.41, 5.74) is 0. The molecule has 0 aliphatic carbocycles. The Kier molecular flexibility index (Phi) is 11.0. The number of rotatable bonds is 7. The van der Waals surface area contributed by atoms with E-state index < -0.39 is 0 Å². The van der Waals surface area contributed by atoms with Crippen LogP contribution in [0, 0.1) is 11.8 Å². The highest BCUT2D eigenvalue weighted by molar-refractivity contribution is 14.0. The number of guanidine groups is 1. The van der Waals surface area contributed by atoms with Gasteiger partial charge in [-0.2, -0.15) is 0 Å². The molecule has 3 aliphatic heterocycles. The quantitative estimate of drug-likeness (QED) is 0.295. The van der Waals surface area contributed by atoms with Gasteiger partial charge in [-0.3, -0.25) is 9.89 Å². The van der Waals surface area contributed by atoms with Gasteiger partial charge in [-0.1, -0.05) is 6.07 Å². The Morgan fingerprint density at radius 2 is 2.06 bits per heavy atom. The van der Waals surface area contributed by atoms with Crippen molar-refractivity contribution in [2.45, 2.75) is 51.1 Å². The van der Waals surface area contributed by atoms with Crippen LogP contribution in [0.5, 0.6) is 0 Å². The van der Waals surface area contributed by atoms with Crippen molar-refractivity contribution in [3.63, 3.8) is 0 Å². The molecule has 3 aliphatic rings. The topological polar surface area (TPSA) is 52.1 Å². The van der Waals surface area contributed by atoms with E-state index in [-0.39, 0.29) is 24.0 Å². The second kappa shape index (κ2) is 13.5. The zero-order valence-electron chi connectivity index (χ0n) is 19.8. The second-order valence-corrected chi connectivity index (χ2v) is 10.5. The van der Waals surface area contributed by atoms with E-state index in [1.165, 1.54) is 63.2 Å². The second-order valence-electron chi connectivity index (χ2n) is 9.51. The minimum atomic E-state index is 0. The highest BCUT2D eigenvalue weighted by Crippen LogP contribution is 2.37. The van der Waals surface area contributed by atoms with E-state index in [2.05, 4.69) is 51.9 Å². The molecule has 0 radical (unpaired) electrons. The maximum Gasteiger partial charge on any atom is 0.191 e. The van der Waals surface area contributed by atoms with Crippen LogP contribution < -0.4 is 10.6 Å². The standard InChI is InChI=1S/C24H41N5OS.HI/c1-3-25-24(27-21-8-12-29(13-9-21)17-19-10-14-30-18-19)26-16-20-6-4-11-28(2)23(20)22-7-5-15-31-22;/h5,7,15,19-21,23H,3-4,6,8-14,16-18H2,1-2H3,(H2,25,26,27);1H. The first-order chi connectivity index (χ1) is 15.2. The van der Waals surface area contributed by atoms with Crippen molar-refractivity contribution in [2.24, 2.45) is 16.8 Å². The molecule has 2 N–H and O–H groups in total. The number of nitrogens with zero attached hydrogens (tertiary/aromatic N) is 3. The largest absolute Gasteiger partial charge is 0.381 e. The number of hydrogen-bond donors (Lipinski definition) is 2. The van der Waals surface area contributed by atoms with Crippen LogP contribution >= 0.6 is 35.3 Å². The molecule has 1 aromatic rings. The molecule has 8 heteroatoms. The van der Waals surface area contributed by atoms with Crippen molar-refractivity contribution in [1.29, 1.82) is 0 Å². The van der Waals surface area contributed by atoms with E-state index in [0.29, 0.717) is 18.0 Å². The Labute approximate surface area is 215 Å². The first-order valence-electron chi connectivity index (χ1n) is 12.3. The first-order valence-corrected chi connectivity index (χ1v) is 13.2. The molecule has 3 atom stereocenters. The fourth-order valence-electron chi connectivity index (χ4n) is 5.43. The molecule has 0 saturated carbocycles. The van der Waals surface area contributed by atoms with E-state index in [9.17, 15) is 0 Å². The van der Waals surface area contributed by atoms with Gasteiger partial charge >= 0.3 is 0 Å². The van der Waals surface area contributed by atoms with Crippen LogP contribution in [0.4, 0.5) is 0 Å². The van der Waals surface area contributed by atoms with Crippen LogP contribution in [-0.4, -0.2) is 81.3 Å². The average molecular weight is 576 g/mol. The summed E-state index contributed by atoms with van der Waals surface area (Å²) in [6.07, 6.45) is 6.16. The molecule has 3 unspecified atom stereocenters. The molecule has 3 fully saturated rings. The van der Waals surface area contributed by atoms with Gasteiger partial charge in [0.25, 0.3) is 0 Å². The summed E-state index contributed by atoms with van der Waals surface area (Å²) in [6, 6.07) is 5.50. The zero-order valence-corrected chi connectivity index (χ0v) is 22.9. The van der Waals surface area contributed by atoms with Crippen molar-refractivity contribution in [2.75, 3.05) is 59.5 Å². The summed E-state index contributed by atoms with van der Waals surface area (Å²) in [5.74, 6) is 2.33. The van der Waals surface area contributed by atoms with Gasteiger partial charge in [0, 0.05) is 56.3 Å². The lowest BCUT2D eigenvalue weighted by atomic mass is 9.88. The summed E-state index contributed by atoms with van der Waals surface area (Å²) in [6.45, 7) is 10.6. The van der Waals surface area contributed by atoms with Gasteiger partial charge in [-0.05, 0) is 75.9 Å². The first kappa shape index (κ1) is 26.2. The van der Waals surface area contributed by atoms with Gasteiger partial charge in [0.15, 0.2) is 5.96 Å². The summed E-state index contributed by atoms with van der Waals surface area (Å²) in [7, 11) is 2.27. The molecule has 182 valence electrons. The maximum atomic E-state index is 5.55. The van der Waals surface area contributed by atoms with Gasteiger partial charge < -0.3 is 20.3 Å². The Bertz CT molecular complexity index is 674. The number of aliphatic imine (C=N–C) groups is 1. The number of nitrogens with one attached hydrogen (secondary N) is 2. The Morgan fingerprint density at radius 3 is 2.75 bits per heavy atom. The Balaban J connectivity index is 0.00000289. The molecule has 3 saturated heterocycles. The minimum Gasteiger partial charge on any atom is -0.381 e. The SMILES string of the molecule is CCNC(=NCC1CCCN(C)C1c1cccs1)NC1CCN(CC2CCOC2)CC1.I. The third-order valence-corrected chi connectivity index (χ3v) is 8.08. The molecule has 0 bridgehead atoms. The van der Waals surface area contributed by atoms with Crippen molar-refractivity contribution in [3.05, 3.63) is 22.4 Å². The predicted molar refractivity (Wildman–Crippen MR) is 145 cm³/mol. The molecule has 32 heavy (non-hydrogen) atoms. The predicted octanol–water partition coefficient (Wildman–Crippen LogP) is 3.81. The van der Waals surface area contributed by atoms with E-state index in [4.69, 9.17) is 9.73 Å². The van der Waals surface area contributed by atoms with E-state index in [0.717, 1.165) is 38.2 Å². The third kappa shape index (κ3) is 7.29. The maximum absolute atomic E-state index is 5.55. The molecule has 4 heterocycles. The lowest BCUT2D eigenvalue weighted by Gasteiger charge is -2.38. The van der Waals surface area contributed by atoms with Crippen LogP contribution in [0.2, 0.25) is 0 Å². The zero-order chi connectivity index (χ0) is 21.5. The lowest BCUT2D eigenvalue weighted by molar-refractivity contribution is 0.128. The fourth-order valence-corrected chi connectivity index (χ4v) is 6.42. The van der Waals surface area contributed by atoms with E-state index in [1.54, 1.807) is 0 Å². The number of hydrogen-bond acceptors (Lipinski definition) is 5. The number of halogens is 1. The van der Waals surface area contributed by atoms with Crippen LogP contribution in [-0.2, 0) is 4.74 Å². The molecule has 6 nitrogen and oxygen atoms in total. The smallest absolute Gasteiger partial charge is 0.191 e. The molecular formula is C24H42IN5OS. The highest BCUT2D eigenvalue weighted by Gasteiger charge is 2.31. The van der Waals surface area contributed by atoms with Gasteiger partial charge in [0.05, 0.1) is 6.61 Å². The van der Waals surface area contributed by atoms with Crippen molar-refractivity contribution in [3.8, 4) is 0 Å². The average Bonchev–Trinajstić information content (AvgIpc) is 3.48. The molecular weight excluding hydrogens is 533 g/mol. The molecule has 0 amide bonds. The number of piperidine rings is 2. The van der Waals surface area contributed by atoms with Crippen molar-refractivity contribution in [1.82, 2.24) is 20.4 Å². The lowest BCUT2D eigenvalue weighted by Crippen LogP contribution is -2.49. The van der Waals surface area contributed by atoms with Crippen molar-refractivity contribution < 1.29 is 4.74 Å². The summed E-state index contributed by atoms with van der Waals surface area (Å²) in [4.78, 5) is 11.7. The minimum absolute atomic E-state index is 0. The number of likely N-dealkylation sites (tertiary alicyclic amines) is 2. The summed E-state index contributed by atoms with van der Waals surface area (Å²) < 4.78 is 5.55. The Morgan fingerprint density at radius 1 is 1.22 bits per heavy atom. The monoisotopic (exact) mass is 575 g/mol. The van der Waals surface area contributed by atoms with Gasteiger partial charge in [0.1, 0.15) is 0 Å². The Hall–Kier alpha value is -0.420. The summed E-state index contributed by atoms with van der Waals surface area (Å²) >= 11 is 1.89. The van der Waals surface area contributed by atoms with Gasteiger partial charge in [0.2, 0.25) is 0 Å². The highest BCUT2D eigenvalue weighted by atomic mass is 127. The van der Waals surface area contributed by atoms with E-state index >= 15 is 0 Å². The number of thiophene rings is 1. The fraction of sp³-hybridized carbons (Fsp3) is 0.792. The van der Waals surface area contributed by atoms with Crippen molar-refractivity contribution >= 4 is 41.3 Å².